The molecule has 160 valence electrons. The van der Waals surface area contributed by atoms with Crippen LogP contribution in [0.4, 0.5) is 10.1 Å². The quantitative estimate of drug-likeness (QED) is 0.739. The van der Waals surface area contributed by atoms with E-state index in [0.717, 1.165) is 51.1 Å². The van der Waals surface area contributed by atoms with Gasteiger partial charge in [0.25, 0.3) is 0 Å². The zero-order valence-corrected chi connectivity index (χ0v) is 17.9. The first kappa shape index (κ1) is 20.6. The molecule has 1 amide bonds. The molecule has 1 aromatic rings. The number of carbonyl (C=O) groups excluding carboxylic acids is 1. The van der Waals surface area contributed by atoms with Crippen molar-refractivity contribution >= 4 is 11.6 Å². The van der Waals surface area contributed by atoms with E-state index in [4.69, 9.17) is 0 Å². The highest BCUT2D eigenvalue weighted by molar-refractivity contribution is 5.76. The molecule has 3 aliphatic rings. The molecule has 3 fully saturated rings. The van der Waals surface area contributed by atoms with Crippen LogP contribution in [-0.2, 0) is 4.79 Å². The topological polar surface area (TPSA) is 26.8 Å². The van der Waals surface area contributed by atoms with Crippen LogP contribution in [0.2, 0.25) is 0 Å². The minimum Gasteiger partial charge on any atom is -0.371 e. The average molecular weight is 402 g/mol. The smallest absolute Gasteiger partial charge is 0.222 e. The average Bonchev–Trinajstić information content (AvgIpc) is 3.28. The van der Waals surface area contributed by atoms with E-state index >= 15 is 0 Å². The van der Waals surface area contributed by atoms with Crippen molar-refractivity contribution in [1.29, 1.82) is 0 Å². The van der Waals surface area contributed by atoms with E-state index in [-0.39, 0.29) is 5.82 Å². The maximum atomic E-state index is 13.4. The van der Waals surface area contributed by atoms with Crippen molar-refractivity contribution in [3.63, 3.8) is 0 Å². The standard InChI is InChI=1S/C24H36FN3O/c1-19-17-21(25)7-8-23(19)26-15-10-22(11-16-26)28-14-4-5-20(18-28)6-9-24(29)27-12-2-3-13-27/h7-8,17,20,22H,2-6,9-16,18H2,1H3/t20-/m1/s1. The molecule has 0 aromatic heterocycles. The van der Waals surface area contributed by atoms with Crippen LogP contribution in [0.3, 0.4) is 0 Å². The van der Waals surface area contributed by atoms with Crippen LogP contribution in [0.5, 0.6) is 0 Å². The van der Waals surface area contributed by atoms with Crippen molar-refractivity contribution in [3.8, 4) is 0 Å². The Labute approximate surface area is 175 Å². The van der Waals surface area contributed by atoms with Crippen molar-refractivity contribution in [2.45, 2.75) is 64.3 Å². The molecule has 1 atom stereocenters. The van der Waals surface area contributed by atoms with Gasteiger partial charge in [-0.25, -0.2) is 4.39 Å². The Hall–Kier alpha value is -1.62. The number of anilines is 1. The highest BCUT2D eigenvalue weighted by atomic mass is 19.1. The lowest BCUT2D eigenvalue weighted by molar-refractivity contribution is -0.130. The van der Waals surface area contributed by atoms with Gasteiger partial charge in [-0.05, 0) is 88.1 Å². The predicted octanol–water partition coefficient (Wildman–Crippen LogP) is 4.22. The Morgan fingerprint density at radius 2 is 1.79 bits per heavy atom. The van der Waals surface area contributed by atoms with Crippen LogP contribution in [0, 0.1) is 18.7 Å². The minimum absolute atomic E-state index is 0.149. The van der Waals surface area contributed by atoms with Gasteiger partial charge in [0.1, 0.15) is 5.82 Å². The van der Waals surface area contributed by atoms with Gasteiger partial charge in [0.2, 0.25) is 5.91 Å². The number of piperidine rings is 2. The first-order valence-corrected chi connectivity index (χ1v) is 11.6. The van der Waals surface area contributed by atoms with Crippen molar-refractivity contribution in [3.05, 3.63) is 29.6 Å². The number of nitrogens with zero attached hydrogens (tertiary/aromatic N) is 3. The first-order valence-electron chi connectivity index (χ1n) is 11.6. The molecule has 3 heterocycles. The van der Waals surface area contributed by atoms with Gasteiger partial charge in [0.15, 0.2) is 0 Å². The van der Waals surface area contributed by atoms with Crippen molar-refractivity contribution in [2.24, 2.45) is 5.92 Å². The largest absolute Gasteiger partial charge is 0.371 e. The van der Waals surface area contributed by atoms with Gasteiger partial charge in [-0.3, -0.25) is 9.69 Å². The van der Waals surface area contributed by atoms with Crippen molar-refractivity contribution in [2.75, 3.05) is 44.2 Å². The van der Waals surface area contributed by atoms with Crippen molar-refractivity contribution in [1.82, 2.24) is 9.80 Å². The number of hydrogen-bond donors (Lipinski definition) is 0. The normalized spacial score (nSPS) is 24.3. The Morgan fingerprint density at radius 3 is 2.52 bits per heavy atom. The summed E-state index contributed by atoms with van der Waals surface area (Å²) in [7, 11) is 0. The number of halogens is 1. The number of benzene rings is 1. The summed E-state index contributed by atoms with van der Waals surface area (Å²) in [6, 6.07) is 5.80. The van der Waals surface area contributed by atoms with Gasteiger partial charge >= 0.3 is 0 Å². The summed E-state index contributed by atoms with van der Waals surface area (Å²) >= 11 is 0. The SMILES string of the molecule is Cc1cc(F)ccc1N1CCC(N2CCC[C@H](CCC(=O)N3CCCC3)C2)CC1. The highest BCUT2D eigenvalue weighted by Crippen LogP contribution is 2.29. The lowest BCUT2D eigenvalue weighted by atomic mass is 9.90. The van der Waals surface area contributed by atoms with E-state index in [2.05, 4.69) is 14.7 Å². The maximum Gasteiger partial charge on any atom is 0.222 e. The van der Waals surface area contributed by atoms with Crippen LogP contribution in [0.25, 0.3) is 0 Å². The second kappa shape index (κ2) is 9.46. The molecule has 3 saturated heterocycles. The molecule has 3 aliphatic heterocycles. The van der Waals surface area contributed by atoms with Gasteiger partial charge in [-0.15, -0.1) is 0 Å². The molecule has 1 aromatic carbocycles. The monoisotopic (exact) mass is 401 g/mol. The zero-order chi connectivity index (χ0) is 20.2. The van der Waals surface area contributed by atoms with E-state index in [9.17, 15) is 9.18 Å². The van der Waals surface area contributed by atoms with Crippen LogP contribution < -0.4 is 4.90 Å². The summed E-state index contributed by atoms with van der Waals surface area (Å²) in [6.45, 7) is 8.41. The number of likely N-dealkylation sites (tertiary alicyclic amines) is 2. The third-order valence-electron chi connectivity index (χ3n) is 7.26. The summed E-state index contributed by atoms with van der Waals surface area (Å²) in [4.78, 5) is 19.6. The molecule has 0 unspecified atom stereocenters. The van der Waals surface area contributed by atoms with E-state index < -0.39 is 0 Å². The van der Waals surface area contributed by atoms with Crippen LogP contribution in [0.15, 0.2) is 18.2 Å². The molecule has 0 radical (unpaired) electrons. The fraction of sp³-hybridized carbons (Fsp3) is 0.708. The van der Waals surface area contributed by atoms with Gasteiger partial charge in [-0.2, -0.15) is 0 Å². The first-order chi connectivity index (χ1) is 14.1. The lowest BCUT2D eigenvalue weighted by Crippen LogP contribution is -2.48. The molecule has 0 spiro atoms. The van der Waals surface area contributed by atoms with Gasteiger partial charge in [-0.1, -0.05) is 0 Å². The molecule has 29 heavy (non-hydrogen) atoms. The minimum atomic E-state index is -0.149. The molecule has 5 heteroatoms. The third-order valence-corrected chi connectivity index (χ3v) is 7.26. The molecular formula is C24H36FN3O. The van der Waals surface area contributed by atoms with Gasteiger partial charge < -0.3 is 9.80 Å². The Balaban J connectivity index is 1.24. The Bertz CT molecular complexity index is 695. The highest BCUT2D eigenvalue weighted by Gasteiger charge is 2.30. The zero-order valence-electron chi connectivity index (χ0n) is 17.9. The predicted molar refractivity (Wildman–Crippen MR) is 116 cm³/mol. The molecule has 4 rings (SSSR count). The van der Waals surface area contributed by atoms with E-state index in [1.807, 2.05) is 13.0 Å². The lowest BCUT2D eigenvalue weighted by Gasteiger charge is -2.43. The second-order valence-electron chi connectivity index (χ2n) is 9.28. The fourth-order valence-corrected chi connectivity index (χ4v) is 5.56. The Kier molecular flexibility index (Phi) is 6.74. The summed E-state index contributed by atoms with van der Waals surface area (Å²) in [6.07, 6.45) is 9.04. The number of carbonyl (C=O) groups is 1. The van der Waals surface area contributed by atoms with Crippen LogP contribution in [0.1, 0.15) is 56.9 Å². The number of amides is 1. The van der Waals surface area contributed by atoms with Crippen molar-refractivity contribution < 1.29 is 9.18 Å². The summed E-state index contributed by atoms with van der Waals surface area (Å²) in [5.41, 5.74) is 2.21. The molecular weight excluding hydrogens is 365 g/mol. The number of hydrogen-bond acceptors (Lipinski definition) is 3. The molecule has 0 saturated carbocycles. The second-order valence-corrected chi connectivity index (χ2v) is 9.28. The van der Waals surface area contributed by atoms with Gasteiger partial charge in [0, 0.05) is 50.9 Å². The van der Waals surface area contributed by atoms with E-state index in [0.29, 0.717) is 17.9 Å². The number of rotatable bonds is 5. The Morgan fingerprint density at radius 1 is 1.03 bits per heavy atom. The van der Waals surface area contributed by atoms with Gasteiger partial charge in [0.05, 0.1) is 0 Å². The third kappa shape index (κ3) is 5.11. The van der Waals surface area contributed by atoms with Crippen LogP contribution in [-0.4, -0.2) is 61.0 Å². The molecule has 4 nitrogen and oxygen atoms in total. The summed E-state index contributed by atoms with van der Waals surface area (Å²) < 4.78 is 13.4. The summed E-state index contributed by atoms with van der Waals surface area (Å²) in [5, 5.41) is 0. The maximum absolute atomic E-state index is 13.4. The van der Waals surface area contributed by atoms with E-state index in [1.54, 1.807) is 12.1 Å². The van der Waals surface area contributed by atoms with E-state index in [1.165, 1.54) is 50.8 Å². The molecule has 0 N–H and O–H groups in total. The summed E-state index contributed by atoms with van der Waals surface area (Å²) in [5.74, 6) is 0.902. The number of aryl methyl sites for hydroxylation is 1. The van der Waals surface area contributed by atoms with Crippen LogP contribution >= 0.6 is 0 Å². The fourth-order valence-electron chi connectivity index (χ4n) is 5.56. The molecule has 0 aliphatic carbocycles. The molecule has 0 bridgehead atoms.